The average molecular weight is 273 g/mol. The van der Waals surface area contributed by atoms with Crippen molar-refractivity contribution < 1.29 is 4.43 Å². The summed E-state index contributed by atoms with van der Waals surface area (Å²) in [5.41, 5.74) is 0. The largest absolute Gasteiger partial charge is 0.417 e. The fourth-order valence-electron chi connectivity index (χ4n) is 2.17. The van der Waals surface area contributed by atoms with E-state index in [1.807, 2.05) is 0 Å². The Bertz CT molecular complexity index is 251. The van der Waals surface area contributed by atoms with Crippen molar-refractivity contribution in [3.8, 4) is 0 Å². The predicted octanol–water partition coefficient (Wildman–Crippen LogP) is 2.69. The smallest absolute Gasteiger partial charge is 0.191 e. The van der Waals surface area contributed by atoms with Crippen molar-refractivity contribution in [2.24, 2.45) is 0 Å². The first-order chi connectivity index (χ1) is 8.28. The van der Waals surface area contributed by atoms with Gasteiger partial charge in [-0.15, -0.1) is 0 Å². The summed E-state index contributed by atoms with van der Waals surface area (Å²) in [4.78, 5) is 2.57. The molecule has 0 bridgehead atoms. The minimum Gasteiger partial charge on any atom is -0.417 e. The summed E-state index contributed by atoms with van der Waals surface area (Å²) in [5, 5.41) is 3.81. The van der Waals surface area contributed by atoms with E-state index in [9.17, 15) is 0 Å². The lowest BCUT2D eigenvalue weighted by Gasteiger charge is -2.39. The molecule has 0 amide bonds. The Hall–Kier alpha value is 0.0969. The standard InChI is InChI=1S/C14H32N2OSi/c1-7-16-10-9-15-12-13(16)8-11-17-18(5,6)14(2,3)4/h13,15H,7-12H2,1-6H3/t13-/m1/s1. The molecule has 0 unspecified atom stereocenters. The molecule has 0 aromatic rings. The molecule has 3 nitrogen and oxygen atoms in total. The molecule has 0 spiro atoms. The summed E-state index contributed by atoms with van der Waals surface area (Å²) in [6.07, 6.45) is 1.16. The van der Waals surface area contributed by atoms with Gasteiger partial charge in [0.25, 0.3) is 0 Å². The fourth-order valence-corrected chi connectivity index (χ4v) is 3.23. The van der Waals surface area contributed by atoms with Gasteiger partial charge in [0.05, 0.1) is 0 Å². The lowest BCUT2D eigenvalue weighted by Crippen LogP contribution is -2.52. The van der Waals surface area contributed by atoms with E-state index in [4.69, 9.17) is 4.43 Å². The third kappa shape index (κ3) is 4.33. The average Bonchev–Trinajstić information content (AvgIpc) is 2.28. The highest BCUT2D eigenvalue weighted by Crippen LogP contribution is 2.36. The number of nitrogens with zero attached hydrogens (tertiary/aromatic N) is 1. The first-order valence-electron chi connectivity index (χ1n) is 7.36. The molecule has 0 saturated carbocycles. The molecule has 0 aromatic heterocycles. The summed E-state index contributed by atoms with van der Waals surface area (Å²) in [6, 6.07) is 0.661. The molecule has 1 N–H and O–H groups in total. The zero-order chi connectivity index (χ0) is 13.8. The van der Waals surface area contributed by atoms with Gasteiger partial charge in [-0.2, -0.15) is 0 Å². The van der Waals surface area contributed by atoms with E-state index in [0.717, 1.165) is 32.7 Å². The molecule has 0 aliphatic carbocycles. The second-order valence-electron chi connectivity index (χ2n) is 6.88. The van der Waals surface area contributed by atoms with Gasteiger partial charge >= 0.3 is 0 Å². The van der Waals surface area contributed by atoms with Gasteiger partial charge in [0, 0.05) is 32.3 Å². The Morgan fingerprint density at radius 2 is 2.00 bits per heavy atom. The van der Waals surface area contributed by atoms with E-state index in [-0.39, 0.29) is 0 Å². The molecule has 1 saturated heterocycles. The zero-order valence-corrected chi connectivity index (χ0v) is 14.2. The molecule has 18 heavy (non-hydrogen) atoms. The van der Waals surface area contributed by atoms with Crippen LogP contribution in [0.15, 0.2) is 0 Å². The van der Waals surface area contributed by atoms with Gasteiger partial charge < -0.3 is 9.74 Å². The Labute approximate surface area is 114 Å². The van der Waals surface area contributed by atoms with Crippen LogP contribution in [0.3, 0.4) is 0 Å². The number of hydrogen-bond acceptors (Lipinski definition) is 3. The summed E-state index contributed by atoms with van der Waals surface area (Å²) in [5.74, 6) is 0. The van der Waals surface area contributed by atoms with Gasteiger partial charge in [0.1, 0.15) is 0 Å². The minimum atomic E-state index is -1.56. The van der Waals surface area contributed by atoms with Crippen molar-refractivity contribution in [3.05, 3.63) is 0 Å². The number of nitrogens with one attached hydrogen (secondary N) is 1. The van der Waals surface area contributed by atoms with Crippen LogP contribution in [0.4, 0.5) is 0 Å². The predicted molar refractivity (Wildman–Crippen MR) is 81.7 cm³/mol. The lowest BCUT2D eigenvalue weighted by molar-refractivity contribution is 0.138. The highest BCUT2D eigenvalue weighted by atomic mass is 28.4. The second-order valence-corrected chi connectivity index (χ2v) is 11.7. The Kier molecular flexibility index (Phi) is 5.84. The van der Waals surface area contributed by atoms with E-state index < -0.39 is 8.32 Å². The van der Waals surface area contributed by atoms with Crippen LogP contribution in [0.5, 0.6) is 0 Å². The minimum absolute atomic E-state index is 0.322. The monoisotopic (exact) mass is 272 g/mol. The molecule has 108 valence electrons. The Balaban J connectivity index is 2.36. The highest BCUT2D eigenvalue weighted by Gasteiger charge is 2.37. The van der Waals surface area contributed by atoms with Crippen LogP contribution < -0.4 is 5.32 Å². The van der Waals surface area contributed by atoms with Crippen molar-refractivity contribution >= 4 is 8.32 Å². The number of hydrogen-bond donors (Lipinski definition) is 1. The van der Waals surface area contributed by atoms with Crippen LogP contribution in [-0.4, -0.2) is 52.0 Å². The normalized spacial score (nSPS) is 23.3. The first-order valence-corrected chi connectivity index (χ1v) is 10.3. The molecule has 1 fully saturated rings. The summed E-state index contributed by atoms with van der Waals surface area (Å²) in [7, 11) is -1.56. The highest BCUT2D eigenvalue weighted by molar-refractivity contribution is 6.74. The van der Waals surface area contributed by atoms with Gasteiger partial charge in [-0.1, -0.05) is 27.7 Å². The molecule has 1 rings (SSSR count). The van der Waals surface area contributed by atoms with E-state index in [1.165, 1.54) is 6.54 Å². The van der Waals surface area contributed by atoms with Crippen molar-refractivity contribution in [2.75, 3.05) is 32.8 Å². The van der Waals surface area contributed by atoms with Crippen LogP contribution in [0.1, 0.15) is 34.1 Å². The van der Waals surface area contributed by atoms with Crippen molar-refractivity contribution in [3.63, 3.8) is 0 Å². The SMILES string of the molecule is CCN1CCNC[C@H]1CCO[Si](C)(C)C(C)(C)C. The molecule has 1 aliphatic rings. The van der Waals surface area contributed by atoms with Crippen LogP contribution >= 0.6 is 0 Å². The van der Waals surface area contributed by atoms with Crippen LogP contribution in [0, 0.1) is 0 Å². The fraction of sp³-hybridized carbons (Fsp3) is 1.00. The van der Waals surface area contributed by atoms with E-state index in [0.29, 0.717) is 11.1 Å². The molecule has 1 atom stereocenters. The molecular formula is C14H32N2OSi. The summed E-state index contributed by atoms with van der Waals surface area (Å²) < 4.78 is 6.27. The lowest BCUT2D eigenvalue weighted by atomic mass is 10.1. The number of rotatable bonds is 5. The molecule has 1 aliphatic heterocycles. The molecule has 0 radical (unpaired) electrons. The maximum absolute atomic E-state index is 6.27. The Morgan fingerprint density at radius 3 is 2.56 bits per heavy atom. The summed E-state index contributed by atoms with van der Waals surface area (Å²) in [6.45, 7) is 19.4. The van der Waals surface area contributed by atoms with Gasteiger partial charge in [0.15, 0.2) is 8.32 Å². The van der Waals surface area contributed by atoms with Gasteiger partial charge in [-0.25, -0.2) is 0 Å². The first kappa shape index (κ1) is 16.2. The van der Waals surface area contributed by atoms with Gasteiger partial charge in [-0.3, -0.25) is 4.90 Å². The second kappa shape index (κ2) is 6.50. The van der Waals surface area contributed by atoms with E-state index in [2.05, 4.69) is 51.0 Å². The third-order valence-corrected chi connectivity index (χ3v) is 9.14. The third-order valence-electron chi connectivity index (χ3n) is 4.60. The van der Waals surface area contributed by atoms with Crippen LogP contribution in [-0.2, 0) is 4.43 Å². The topological polar surface area (TPSA) is 24.5 Å². The summed E-state index contributed by atoms with van der Waals surface area (Å²) >= 11 is 0. The van der Waals surface area contributed by atoms with E-state index >= 15 is 0 Å². The number of piperazine rings is 1. The quantitative estimate of drug-likeness (QED) is 0.779. The molecule has 4 heteroatoms. The maximum Gasteiger partial charge on any atom is 0.191 e. The number of likely N-dealkylation sites (N-methyl/N-ethyl adjacent to an activating group) is 1. The van der Waals surface area contributed by atoms with Crippen molar-refractivity contribution in [1.29, 1.82) is 0 Å². The zero-order valence-electron chi connectivity index (χ0n) is 13.2. The van der Waals surface area contributed by atoms with Crippen LogP contribution in [0.25, 0.3) is 0 Å². The van der Waals surface area contributed by atoms with Gasteiger partial charge in [-0.05, 0) is 31.1 Å². The molecule has 1 heterocycles. The van der Waals surface area contributed by atoms with Gasteiger partial charge in [0.2, 0.25) is 0 Å². The van der Waals surface area contributed by atoms with Crippen molar-refractivity contribution in [2.45, 2.75) is 58.3 Å². The maximum atomic E-state index is 6.27. The molecular weight excluding hydrogens is 240 g/mol. The molecule has 0 aromatic carbocycles. The Morgan fingerprint density at radius 1 is 1.33 bits per heavy atom. The van der Waals surface area contributed by atoms with E-state index in [1.54, 1.807) is 0 Å². The van der Waals surface area contributed by atoms with Crippen molar-refractivity contribution in [1.82, 2.24) is 10.2 Å². The van der Waals surface area contributed by atoms with Crippen LogP contribution in [0.2, 0.25) is 18.1 Å².